The predicted octanol–water partition coefficient (Wildman–Crippen LogP) is 3.49. The van der Waals surface area contributed by atoms with Crippen LogP contribution < -0.4 is 10.2 Å². The Morgan fingerprint density at radius 3 is 2.36 bits per heavy atom. The summed E-state index contributed by atoms with van der Waals surface area (Å²) in [5, 5.41) is 2.90. The molecule has 0 aliphatic carbocycles. The molecule has 0 radical (unpaired) electrons. The van der Waals surface area contributed by atoms with Gasteiger partial charge in [0.2, 0.25) is 10.0 Å². The minimum absolute atomic E-state index is 0.208. The van der Waals surface area contributed by atoms with E-state index in [9.17, 15) is 13.2 Å². The molecule has 0 bridgehead atoms. The predicted molar refractivity (Wildman–Crippen MR) is 113 cm³/mol. The molecular formula is C21H27N3O3S. The minimum atomic E-state index is -3.57. The first-order valence-corrected chi connectivity index (χ1v) is 10.9. The van der Waals surface area contributed by atoms with E-state index in [0.29, 0.717) is 24.3 Å². The van der Waals surface area contributed by atoms with E-state index in [2.05, 4.69) is 5.32 Å². The number of carbonyl (C=O) groups is 1. The van der Waals surface area contributed by atoms with Gasteiger partial charge in [0.15, 0.2) is 0 Å². The molecule has 0 saturated carbocycles. The highest BCUT2D eigenvalue weighted by Gasteiger charge is 2.27. The Labute approximate surface area is 167 Å². The summed E-state index contributed by atoms with van der Waals surface area (Å²) in [5.74, 6) is -0.256. The van der Waals surface area contributed by atoms with Crippen LogP contribution in [0.4, 0.5) is 11.4 Å². The standard InChI is InChI=1S/C21H27N3O3S/c1-16-9-5-6-10-18(16)21(25)22-19-15-17(11-12-20(19)23(2)3)28(26,27)24-13-7-4-8-14-24/h5-6,9-12,15H,4,7-8,13-14H2,1-3H3,(H,22,25). The molecule has 28 heavy (non-hydrogen) atoms. The monoisotopic (exact) mass is 401 g/mol. The molecule has 0 spiro atoms. The number of benzene rings is 2. The number of nitrogens with one attached hydrogen (secondary N) is 1. The van der Waals surface area contributed by atoms with Gasteiger partial charge in [-0.25, -0.2) is 8.42 Å². The lowest BCUT2D eigenvalue weighted by Crippen LogP contribution is -2.35. The molecule has 2 aromatic rings. The fraction of sp³-hybridized carbons (Fsp3) is 0.381. The number of piperidine rings is 1. The molecule has 1 heterocycles. The van der Waals surface area contributed by atoms with E-state index < -0.39 is 10.0 Å². The van der Waals surface area contributed by atoms with Crippen LogP contribution >= 0.6 is 0 Å². The summed E-state index contributed by atoms with van der Waals surface area (Å²) in [6.07, 6.45) is 2.82. The average molecular weight is 402 g/mol. The summed E-state index contributed by atoms with van der Waals surface area (Å²) in [7, 11) is 0.145. The zero-order valence-corrected chi connectivity index (χ0v) is 17.4. The maximum absolute atomic E-state index is 13.0. The third-order valence-corrected chi connectivity index (χ3v) is 6.94. The molecule has 1 amide bonds. The Hall–Kier alpha value is -2.38. The second kappa shape index (κ2) is 8.32. The molecule has 1 N–H and O–H groups in total. The molecule has 2 aromatic carbocycles. The SMILES string of the molecule is Cc1ccccc1C(=O)Nc1cc(S(=O)(=O)N2CCCCC2)ccc1N(C)C. The molecule has 0 unspecified atom stereocenters. The Balaban J connectivity index is 1.96. The Kier molecular flexibility index (Phi) is 6.05. The van der Waals surface area contributed by atoms with Crippen LogP contribution in [0.25, 0.3) is 0 Å². The fourth-order valence-electron chi connectivity index (χ4n) is 3.44. The van der Waals surface area contributed by atoms with Crippen LogP contribution in [0.1, 0.15) is 35.2 Å². The fourth-order valence-corrected chi connectivity index (χ4v) is 4.98. The highest BCUT2D eigenvalue weighted by atomic mass is 32.2. The first kappa shape index (κ1) is 20.4. The van der Waals surface area contributed by atoms with E-state index in [1.165, 1.54) is 4.31 Å². The third kappa shape index (κ3) is 4.20. The summed E-state index contributed by atoms with van der Waals surface area (Å²) >= 11 is 0. The van der Waals surface area contributed by atoms with Gasteiger partial charge >= 0.3 is 0 Å². The van der Waals surface area contributed by atoms with Crippen molar-refractivity contribution < 1.29 is 13.2 Å². The topological polar surface area (TPSA) is 69.7 Å². The van der Waals surface area contributed by atoms with Crippen molar-refractivity contribution in [3.05, 3.63) is 53.6 Å². The number of aryl methyl sites for hydroxylation is 1. The van der Waals surface area contributed by atoms with Gasteiger partial charge in [0.05, 0.1) is 16.3 Å². The quantitative estimate of drug-likeness (QED) is 0.833. The number of amides is 1. The minimum Gasteiger partial charge on any atom is -0.376 e. The number of hydrogen-bond acceptors (Lipinski definition) is 4. The average Bonchev–Trinajstić information content (AvgIpc) is 2.68. The van der Waals surface area contributed by atoms with Crippen LogP contribution in [0.3, 0.4) is 0 Å². The van der Waals surface area contributed by atoms with Crippen LogP contribution in [-0.4, -0.2) is 45.8 Å². The van der Waals surface area contributed by atoms with E-state index in [0.717, 1.165) is 30.5 Å². The van der Waals surface area contributed by atoms with E-state index in [4.69, 9.17) is 0 Å². The lowest BCUT2D eigenvalue weighted by Gasteiger charge is -2.26. The first-order valence-electron chi connectivity index (χ1n) is 9.49. The van der Waals surface area contributed by atoms with Crippen LogP contribution in [0.2, 0.25) is 0 Å². The van der Waals surface area contributed by atoms with Crippen LogP contribution in [0.5, 0.6) is 0 Å². The van der Waals surface area contributed by atoms with E-state index in [-0.39, 0.29) is 10.8 Å². The number of sulfonamides is 1. The van der Waals surface area contributed by atoms with Crippen molar-refractivity contribution >= 4 is 27.3 Å². The molecule has 0 aromatic heterocycles. The second-order valence-electron chi connectivity index (χ2n) is 7.31. The largest absolute Gasteiger partial charge is 0.376 e. The summed E-state index contributed by atoms with van der Waals surface area (Å²) < 4.78 is 27.6. The van der Waals surface area contributed by atoms with Gasteiger partial charge in [-0.2, -0.15) is 4.31 Å². The van der Waals surface area contributed by atoms with Crippen LogP contribution in [-0.2, 0) is 10.0 Å². The molecule has 1 fully saturated rings. The lowest BCUT2D eigenvalue weighted by atomic mass is 10.1. The Morgan fingerprint density at radius 2 is 1.71 bits per heavy atom. The number of anilines is 2. The molecule has 150 valence electrons. The summed E-state index contributed by atoms with van der Waals surface area (Å²) in [6, 6.07) is 12.2. The second-order valence-corrected chi connectivity index (χ2v) is 9.25. The van der Waals surface area contributed by atoms with Gasteiger partial charge in [-0.15, -0.1) is 0 Å². The van der Waals surface area contributed by atoms with E-state index in [1.54, 1.807) is 24.3 Å². The van der Waals surface area contributed by atoms with Gasteiger partial charge in [-0.3, -0.25) is 4.79 Å². The Bertz CT molecular complexity index is 965. The molecule has 0 atom stereocenters. The van der Waals surface area contributed by atoms with Crippen LogP contribution in [0, 0.1) is 6.92 Å². The highest BCUT2D eigenvalue weighted by molar-refractivity contribution is 7.89. The van der Waals surface area contributed by atoms with Gasteiger partial charge in [0.25, 0.3) is 5.91 Å². The van der Waals surface area contributed by atoms with Crippen molar-refractivity contribution in [1.82, 2.24) is 4.31 Å². The molecule has 1 aliphatic heterocycles. The van der Waals surface area contributed by atoms with Crippen molar-refractivity contribution in [2.75, 3.05) is 37.4 Å². The van der Waals surface area contributed by atoms with Crippen molar-refractivity contribution in [3.63, 3.8) is 0 Å². The molecule has 6 nitrogen and oxygen atoms in total. The molecular weight excluding hydrogens is 374 g/mol. The maximum Gasteiger partial charge on any atom is 0.255 e. The zero-order valence-electron chi connectivity index (χ0n) is 16.6. The summed E-state index contributed by atoms with van der Waals surface area (Å²) in [5.41, 5.74) is 2.66. The smallest absolute Gasteiger partial charge is 0.255 e. The van der Waals surface area contributed by atoms with Gasteiger partial charge in [-0.05, 0) is 49.6 Å². The number of nitrogens with zero attached hydrogens (tertiary/aromatic N) is 2. The van der Waals surface area contributed by atoms with Crippen molar-refractivity contribution in [2.45, 2.75) is 31.1 Å². The third-order valence-electron chi connectivity index (χ3n) is 5.04. The van der Waals surface area contributed by atoms with Crippen molar-refractivity contribution in [3.8, 4) is 0 Å². The number of hydrogen-bond donors (Lipinski definition) is 1. The van der Waals surface area contributed by atoms with E-state index in [1.807, 2.05) is 44.1 Å². The normalized spacial score (nSPS) is 15.2. The maximum atomic E-state index is 13.0. The Morgan fingerprint density at radius 1 is 1.04 bits per heavy atom. The van der Waals surface area contributed by atoms with Crippen LogP contribution in [0.15, 0.2) is 47.4 Å². The molecule has 1 aliphatic rings. The van der Waals surface area contributed by atoms with E-state index >= 15 is 0 Å². The number of carbonyl (C=O) groups excluding carboxylic acids is 1. The number of rotatable bonds is 5. The molecule has 3 rings (SSSR count). The summed E-state index contributed by atoms with van der Waals surface area (Å²) in [4.78, 5) is 14.8. The summed E-state index contributed by atoms with van der Waals surface area (Å²) in [6.45, 7) is 2.96. The van der Waals surface area contributed by atoms with Crippen molar-refractivity contribution in [2.24, 2.45) is 0 Å². The zero-order chi connectivity index (χ0) is 20.3. The van der Waals surface area contributed by atoms with Crippen molar-refractivity contribution in [1.29, 1.82) is 0 Å². The van der Waals surface area contributed by atoms with Gasteiger partial charge < -0.3 is 10.2 Å². The first-order chi connectivity index (χ1) is 13.3. The molecule has 1 saturated heterocycles. The van der Waals surface area contributed by atoms with Gasteiger partial charge in [0, 0.05) is 32.7 Å². The lowest BCUT2D eigenvalue weighted by molar-refractivity contribution is 0.102. The highest BCUT2D eigenvalue weighted by Crippen LogP contribution is 2.30. The molecule has 7 heteroatoms. The van der Waals surface area contributed by atoms with Gasteiger partial charge in [0.1, 0.15) is 0 Å². The van der Waals surface area contributed by atoms with Gasteiger partial charge in [-0.1, -0.05) is 24.6 Å².